The van der Waals surface area contributed by atoms with E-state index in [2.05, 4.69) is 4.72 Å². The van der Waals surface area contributed by atoms with Crippen LogP contribution in [0.1, 0.15) is 18.4 Å². The summed E-state index contributed by atoms with van der Waals surface area (Å²) in [6.07, 6.45) is 0.742. The number of carbonyl (C=O) groups excluding carboxylic acids is 1. The predicted molar refractivity (Wildman–Crippen MR) is 76.5 cm³/mol. The lowest BCUT2D eigenvalue weighted by Crippen LogP contribution is -2.48. The van der Waals surface area contributed by atoms with E-state index in [1.807, 2.05) is 0 Å². The second kappa shape index (κ2) is 5.61. The Balaban J connectivity index is 2.21. The van der Waals surface area contributed by atoms with Crippen molar-refractivity contribution in [3.63, 3.8) is 0 Å². The highest BCUT2D eigenvalue weighted by molar-refractivity contribution is 7.89. The molecule has 1 atom stereocenters. The molecule has 1 unspecified atom stereocenters. The van der Waals surface area contributed by atoms with Crippen LogP contribution in [0, 0.1) is 12.7 Å². The molecule has 1 aromatic rings. The standard InChI is InChI=1S/C13H18FN3O3S/c1-8-5-10(6-11(15)13(8)14)21(19,20)16-9-3-4-12(18)17(2)7-9/h5-6,9,16H,3-4,7,15H2,1-2H3. The highest BCUT2D eigenvalue weighted by Crippen LogP contribution is 2.21. The maximum Gasteiger partial charge on any atom is 0.240 e. The highest BCUT2D eigenvalue weighted by atomic mass is 32.2. The van der Waals surface area contributed by atoms with Gasteiger partial charge in [-0.15, -0.1) is 0 Å². The summed E-state index contributed by atoms with van der Waals surface area (Å²) in [7, 11) is -2.17. The fraction of sp³-hybridized carbons (Fsp3) is 0.462. The summed E-state index contributed by atoms with van der Waals surface area (Å²) in [5.41, 5.74) is 5.44. The number of halogens is 1. The molecule has 1 aromatic carbocycles. The number of aryl methyl sites for hydroxylation is 1. The molecule has 0 saturated carbocycles. The number of nitrogens with one attached hydrogen (secondary N) is 1. The lowest BCUT2D eigenvalue weighted by Gasteiger charge is -2.30. The number of nitrogens with two attached hydrogens (primary N) is 1. The third-order valence-corrected chi connectivity index (χ3v) is 5.01. The number of rotatable bonds is 3. The smallest absolute Gasteiger partial charge is 0.240 e. The Hall–Kier alpha value is -1.67. The summed E-state index contributed by atoms with van der Waals surface area (Å²) >= 11 is 0. The summed E-state index contributed by atoms with van der Waals surface area (Å²) < 4.78 is 40.6. The molecule has 2 rings (SSSR count). The number of hydrogen-bond acceptors (Lipinski definition) is 4. The minimum Gasteiger partial charge on any atom is -0.396 e. The van der Waals surface area contributed by atoms with Crippen LogP contribution in [0.4, 0.5) is 10.1 Å². The van der Waals surface area contributed by atoms with Crippen molar-refractivity contribution in [2.75, 3.05) is 19.3 Å². The van der Waals surface area contributed by atoms with Crippen molar-refractivity contribution in [1.29, 1.82) is 0 Å². The van der Waals surface area contributed by atoms with E-state index < -0.39 is 15.8 Å². The van der Waals surface area contributed by atoms with Gasteiger partial charge in [-0.3, -0.25) is 4.79 Å². The van der Waals surface area contributed by atoms with Gasteiger partial charge in [0.05, 0.1) is 10.6 Å². The Morgan fingerprint density at radius 2 is 2.10 bits per heavy atom. The lowest BCUT2D eigenvalue weighted by molar-refractivity contribution is -0.132. The highest BCUT2D eigenvalue weighted by Gasteiger charge is 2.27. The molecule has 8 heteroatoms. The summed E-state index contributed by atoms with van der Waals surface area (Å²) in [5, 5.41) is 0. The van der Waals surface area contributed by atoms with E-state index >= 15 is 0 Å². The second-order valence-electron chi connectivity index (χ2n) is 5.27. The first-order valence-electron chi connectivity index (χ1n) is 6.52. The largest absolute Gasteiger partial charge is 0.396 e. The minimum atomic E-state index is -3.80. The zero-order valence-corrected chi connectivity index (χ0v) is 12.7. The number of piperidine rings is 1. The van der Waals surface area contributed by atoms with Crippen molar-refractivity contribution in [3.8, 4) is 0 Å². The van der Waals surface area contributed by atoms with Crippen LogP contribution in [0.2, 0.25) is 0 Å². The number of hydrogen-bond donors (Lipinski definition) is 2. The Morgan fingerprint density at radius 3 is 2.67 bits per heavy atom. The van der Waals surface area contributed by atoms with E-state index in [4.69, 9.17) is 5.73 Å². The molecule has 0 aliphatic carbocycles. The predicted octanol–water partition coefficient (Wildman–Crippen LogP) is 0.615. The average molecular weight is 315 g/mol. The molecule has 1 aliphatic rings. The number of carbonyl (C=O) groups is 1. The Morgan fingerprint density at radius 1 is 1.43 bits per heavy atom. The molecular formula is C13H18FN3O3S. The van der Waals surface area contributed by atoms with Crippen LogP contribution >= 0.6 is 0 Å². The number of benzene rings is 1. The molecule has 1 amide bonds. The van der Waals surface area contributed by atoms with E-state index in [0.29, 0.717) is 19.4 Å². The van der Waals surface area contributed by atoms with Crippen LogP contribution in [-0.4, -0.2) is 38.9 Å². The molecule has 1 saturated heterocycles. The quantitative estimate of drug-likeness (QED) is 0.800. The Bertz CT molecular complexity index is 652. The zero-order valence-electron chi connectivity index (χ0n) is 11.9. The molecular weight excluding hydrogens is 297 g/mol. The number of anilines is 1. The Labute approximate surface area is 123 Å². The van der Waals surface area contributed by atoms with Gasteiger partial charge in [-0.1, -0.05) is 0 Å². The van der Waals surface area contributed by atoms with Gasteiger partial charge in [0.1, 0.15) is 5.82 Å². The molecule has 0 radical (unpaired) electrons. The fourth-order valence-corrected chi connectivity index (χ4v) is 3.70. The number of nitrogens with zero attached hydrogens (tertiary/aromatic N) is 1. The molecule has 1 aliphatic heterocycles. The number of sulfonamides is 1. The van der Waals surface area contributed by atoms with Crippen LogP contribution < -0.4 is 10.5 Å². The van der Waals surface area contributed by atoms with Crippen molar-refractivity contribution < 1.29 is 17.6 Å². The van der Waals surface area contributed by atoms with Gasteiger partial charge in [0.25, 0.3) is 0 Å². The van der Waals surface area contributed by atoms with Gasteiger partial charge in [-0.2, -0.15) is 0 Å². The fourth-order valence-electron chi connectivity index (χ4n) is 2.31. The van der Waals surface area contributed by atoms with Crippen molar-refractivity contribution in [1.82, 2.24) is 9.62 Å². The van der Waals surface area contributed by atoms with Crippen LogP contribution in [-0.2, 0) is 14.8 Å². The molecule has 116 valence electrons. The third-order valence-electron chi connectivity index (χ3n) is 3.51. The van der Waals surface area contributed by atoms with Crippen molar-refractivity contribution >= 4 is 21.6 Å². The van der Waals surface area contributed by atoms with Crippen LogP contribution in [0.25, 0.3) is 0 Å². The maximum absolute atomic E-state index is 13.5. The van der Waals surface area contributed by atoms with Crippen molar-refractivity contribution in [2.45, 2.75) is 30.7 Å². The lowest BCUT2D eigenvalue weighted by atomic mass is 10.1. The molecule has 6 nitrogen and oxygen atoms in total. The molecule has 3 N–H and O–H groups in total. The van der Waals surface area contributed by atoms with E-state index in [1.54, 1.807) is 7.05 Å². The van der Waals surface area contributed by atoms with Gasteiger partial charge < -0.3 is 10.6 Å². The van der Waals surface area contributed by atoms with Crippen LogP contribution in [0.15, 0.2) is 17.0 Å². The number of nitrogen functional groups attached to an aromatic ring is 1. The average Bonchev–Trinajstić information content (AvgIpc) is 2.39. The topological polar surface area (TPSA) is 92.5 Å². The van der Waals surface area contributed by atoms with Crippen molar-refractivity contribution in [2.24, 2.45) is 0 Å². The second-order valence-corrected chi connectivity index (χ2v) is 6.99. The summed E-state index contributed by atoms with van der Waals surface area (Å²) in [6, 6.07) is 1.98. The van der Waals surface area contributed by atoms with Crippen molar-refractivity contribution in [3.05, 3.63) is 23.5 Å². The SMILES string of the molecule is Cc1cc(S(=O)(=O)NC2CCC(=O)N(C)C2)cc(N)c1F. The molecule has 1 fully saturated rings. The number of likely N-dealkylation sites (tertiary alicyclic amines) is 1. The zero-order chi connectivity index (χ0) is 15.8. The van der Waals surface area contributed by atoms with E-state index in [-0.39, 0.29) is 28.1 Å². The van der Waals surface area contributed by atoms with E-state index in [0.717, 1.165) is 6.07 Å². The summed E-state index contributed by atoms with van der Waals surface area (Å²) in [4.78, 5) is 12.8. The number of likely N-dealkylation sites (N-methyl/N-ethyl adjacent to an activating group) is 1. The van der Waals surface area contributed by atoms with Gasteiger partial charge >= 0.3 is 0 Å². The minimum absolute atomic E-state index is 0.00711. The summed E-state index contributed by atoms with van der Waals surface area (Å²) in [6.45, 7) is 1.77. The van der Waals surface area contributed by atoms with E-state index in [1.165, 1.54) is 17.9 Å². The maximum atomic E-state index is 13.5. The Kier molecular flexibility index (Phi) is 4.20. The van der Waals surface area contributed by atoms with E-state index in [9.17, 15) is 17.6 Å². The number of amides is 1. The first kappa shape index (κ1) is 15.7. The molecule has 1 heterocycles. The molecule has 21 heavy (non-hydrogen) atoms. The van der Waals surface area contributed by atoms with Gasteiger partial charge in [0.15, 0.2) is 0 Å². The first-order chi connectivity index (χ1) is 9.70. The molecule has 0 bridgehead atoms. The van der Waals surface area contributed by atoms with Crippen LogP contribution in [0.3, 0.4) is 0 Å². The normalized spacial score (nSPS) is 19.9. The first-order valence-corrected chi connectivity index (χ1v) is 8.01. The van der Waals surface area contributed by atoms with Gasteiger partial charge in [0.2, 0.25) is 15.9 Å². The molecule has 0 spiro atoms. The third kappa shape index (κ3) is 3.33. The van der Waals surface area contributed by atoms with Crippen LogP contribution in [0.5, 0.6) is 0 Å². The van der Waals surface area contributed by atoms with Gasteiger partial charge in [-0.05, 0) is 31.0 Å². The van der Waals surface area contributed by atoms with Gasteiger partial charge in [0, 0.05) is 26.1 Å². The monoisotopic (exact) mass is 315 g/mol. The summed E-state index contributed by atoms with van der Waals surface area (Å²) in [5.74, 6) is -0.621. The molecule has 0 aromatic heterocycles. The van der Waals surface area contributed by atoms with Gasteiger partial charge in [-0.25, -0.2) is 17.5 Å².